The van der Waals surface area contributed by atoms with Crippen LogP contribution in [0.4, 0.5) is 0 Å². The maximum absolute atomic E-state index is 5.80. The van der Waals surface area contributed by atoms with E-state index in [0.717, 1.165) is 36.9 Å². The van der Waals surface area contributed by atoms with Crippen molar-refractivity contribution in [1.29, 1.82) is 0 Å². The Morgan fingerprint density at radius 1 is 0.800 bits per heavy atom. The van der Waals surface area contributed by atoms with Crippen molar-refractivity contribution in [2.45, 2.75) is 6.92 Å². The predicted octanol–water partition coefficient (Wildman–Crippen LogP) is 2.09. The van der Waals surface area contributed by atoms with Crippen LogP contribution in [0.25, 0.3) is 0 Å². The first-order valence-electron chi connectivity index (χ1n) is 8.66. The minimum Gasteiger partial charge on any atom is -0.493 e. The van der Waals surface area contributed by atoms with E-state index in [0.29, 0.717) is 38.7 Å². The fraction of sp³-hybridized carbons (Fsp3) is 0.474. The molecule has 1 aromatic rings. The zero-order chi connectivity index (χ0) is 17.7. The average Bonchev–Trinajstić information content (AvgIpc) is 2.63. The van der Waals surface area contributed by atoms with Crippen molar-refractivity contribution in [1.82, 2.24) is 10.6 Å². The van der Waals surface area contributed by atoms with E-state index in [1.54, 1.807) is 6.08 Å². The second-order valence-electron chi connectivity index (χ2n) is 5.47. The molecule has 0 radical (unpaired) electrons. The van der Waals surface area contributed by atoms with Crippen molar-refractivity contribution < 1.29 is 18.9 Å². The van der Waals surface area contributed by atoms with Gasteiger partial charge < -0.3 is 29.6 Å². The molecule has 0 atom stereocenters. The molecule has 0 spiro atoms. The summed E-state index contributed by atoms with van der Waals surface area (Å²) in [5.41, 5.74) is 0. The number of rotatable bonds is 1. The third-order valence-electron chi connectivity index (χ3n) is 3.59. The lowest BCUT2D eigenvalue weighted by Gasteiger charge is -2.15. The fourth-order valence-corrected chi connectivity index (χ4v) is 2.29. The molecule has 0 bridgehead atoms. The second-order valence-corrected chi connectivity index (χ2v) is 5.47. The largest absolute Gasteiger partial charge is 0.493 e. The van der Waals surface area contributed by atoms with Crippen LogP contribution in [0.1, 0.15) is 6.92 Å². The summed E-state index contributed by atoms with van der Waals surface area (Å²) in [4.78, 5) is 0. The molecule has 2 N–H and O–H groups in total. The number of hydrogen-bond donors (Lipinski definition) is 2. The molecule has 0 saturated heterocycles. The first-order chi connectivity index (χ1) is 12.3. The van der Waals surface area contributed by atoms with Crippen LogP contribution in [0.2, 0.25) is 0 Å². The van der Waals surface area contributed by atoms with Gasteiger partial charge in [0.25, 0.3) is 0 Å². The summed E-state index contributed by atoms with van der Waals surface area (Å²) in [6.45, 7) is 10.8. The summed E-state index contributed by atoms with van der Waals surface area (Å²) in [5.74, 6) is 2.94. The molecule has 2 rings (SSSR count). The van der Waals surface area contributed by atoms with Gasteiger partial charge in [0.1, 0.15) is 32.2 Å². The molecule has 0 aromatic heterocycles. The van der Waals surface area contributed by atoms with Gasteiger partial charge in [-0.15, -0.1) is 0 Å². The van der Waals surface area contributed by atoms with E-state index in [-0.39, 0.29) is 0 Å². The number of para-hydroxylation sites is 2. The number of benzene rings is 1. The van der Waals surface area contributed by atoms with E-state index in [4.69, 9.17) is 18.9 Å². The van der Waals surface area contributed by atoms with E-state index in [1.165, 1.54) is 0 Å². The smallest absolute Gasteiger partial charge is 0.161 e. The van der Waals surface area contributed by atoms with Crippen molar-refractivity contribution in [3.8, 4) is 11.5 Å². The molecule has 1 heterocycles. The summed E-state index contributed by atoms with van der Waals surface area (Å²) in [6.07, 6.45) is 1.68. The van der Waals surface area contributed by atoms with Crippen molar-refractivity contribution in [3.63, 3.8) is 0 Å². The normalized spacial score (nSPS) is 21.2. The molecule has 0 amide bonds. The van der Waals surface area contributed by atoms with E-state index >= 15 is 0 Å². The zero-order valence-corrected chi connectivity index (χ0v) is 14.9. The van der Waals surface area contributed by atoms with Gasteiger partial charge in [-0.05, 0) is 25.1 Å². The Bertz CT molecular complexity index is 560. The van der Waals surface area contributed by atoms with Gasteiger partial charge in [0.2, 0.25) is 0 Å². The minimum absolute atomic E-state index is 0.542. The van der Waals surface area contributed by atoms with Gasteiger partial charge >= 0.3 is 0 Å². The molecular weight excluding hydrogens is 320 g/mol. The van der Waals surface area contributed by atoms with Crippen LogP contribution in [0, 0.1) is 0 Å². The third kappa shape index (κ3) is 7.07. The lowest BCUT2D eigenvalue weighted by molar-refractivity contribution is 0.161. The van der Waals surface area contributed by atoms with E-state index in [2.05, 4.69) is 17.2 Å². The second kappa shape index (κ2) is 11.4. The molecule has 0 aliphatic carbocycles. The van der Waals surface area contributed by atoms with E-state index in [1.807, 2.05) is 31.2 Å². The van der Waals surface area contributed by atoms with Gasteiger partial charge in [0.05, 0.1) is 0 Å². The summed E-state index contributed by atoms with van der Waals surface area (Å²) < 4.78 is 23.0. The Labute approximate surface area is 149 Å². The first-order valence-corrected chi connectivity index (χ1v) is 8.66. The Morgan fingerprint density at radius 2 is 1.28 bits per heavy atom. The Hall–Kier alpha value is -2.18. The van der Waals surface area contributed by atoms with Gasteiger partial charge in [-0.1, -0.05) is 18.7 Å². The molecule has 6 heteroatoms. The molecule has 1 aromatic carbocycles. The summed E-state index contributed by atoms with van der Waals surface area (Å²) >= 11 is 0. The summed E-state index contributed by atoms with van der Waals surface area (Å²) in [6, 6.07) is 7.72. The monoisotopic (exact) mass is 348 g/mol. The molecule has 25 heavy (non-hydrogen) atoms. The Balaban J connectivity index is 1.90. The highest BCUT2D eigenvalue weighted by Gasteiger charge is 2.05. The first kappa shape index (κ1) is 19.1. The highest BCUT2D eigenvalue weighted by Crippen LogP contribution is 2.26. The average molecular weight is 348 g/mol. The van der Waals surface area contributed by atoms with Crippen molar-refractivity contribution in [3.05, 3.63) is 48.4 Å². The number of ether oxygens (including phenoxy) is 4. The van der Waals surface area contributed by atoms with Crippen molar-refractivity contribution >= 4 is 0 Å². The fourth-order valence-electron chi connectivity index (χ4n) is 2.29. The van der Waals surface area contributed by atoms with Crippen LogP contribution >= 0.6 is 0 Å². The van der Waals surface area contributed by atoms with Gasteiger partial charge in [-0.25, -0.2) is 0 Å². The van der Waals surface area contributed by atoms with Gasteiger partial charge in [0, 0.05) is 26.2 Å². The van der Waals surface area contributed by atoms with Gasteiger partial charge in [-0.3, -0.25) is 0 Å². The van der Waals surface area contributed by atoms with E-state index < -0.39 is 0 Å². The van der Waals surface area contributed by atoms with Crippen molar-refractivity contribution in [2.24, 2.45) is 0 Å². The number of hydrogen-bond acceptors (Lipinski definition) is 6. The maximum atomic E-state index is 5.80. The SMILES string of the molecule is C=C/C1=C(\C)OCCNCCOc2ccccc2OCCNCCO1. The molecule has 138 valence electrons. The standard InChI is InChI=1S/C19H28N2O4/c1-3-17-16(2)22-12-8-20-10-14-24-18-6-4-5-7-19(18)25-15-11-21-9-13-23-17/h3-7,20-21H,1,8-15H2,2H3/b17-16-. The topological polar surface area (TPSA) is 61.0 Å². The Kier molecular flexibility index (Phi) is 8.72. The lowest BCUT2D eigenvalue weighted by atomic mass is 10.3. The molecule has 0 unspecified atom stereocenters. The summed E-state index contributed by atoms with van der Waals surface area (Å²) in [5, 5.41) is 6.57. The third-order valence-corrected chi connectivity index (χ3v) is 3.59. The van der Waals surface area contributed by atoms with Crippen LogP contribution in [0.15, 0.2) is 48.4 Å². The number of allylic oxidation sites excluding steroid dienone is 2. The molecule has 6 nitrogen and oxygen atoms in total. The number of fused-ring (bicyclic) bond motifs is 1. The summed E-state index contributed by atoms with van der Waals surface area (Å²) in [7, 11) is 0. The highest BCUT2D eigenvalue weighted by atomic mass is 16.5. The number of nitrogens with one attached hydrogen (secondary N) is 2. The molecule has 0 fully saturated rings. The zero-order valence-electron chi connectivity index (χ0n) is 14.9. The van der Waals surface area contributed by atoms with Crippen molar-refractivity contribution in [2.75, 3.05) is 52.6 Å². The molecular formula is C19H28N2O4. The molecule has 1 aliphatic rings. The predicted molar refractivity (Wildman–Crippen MR) is 98.0 cm³/mol. The van der Waals surface area contributed by atoms with Crippen LogP contribution in [0.5, 0.6) is 11.5 Å². The van der Waals surface area contributed by atoms with Gasteiger partial charge in [-0.2, -0.15) is 0 Å². The Morgan fingerprint density at radius 3 is 1.80 bits per heavy atom. The van der Waals surface area contributed by atoms with Crippen LogP contribution in [0.3, 0.4) is 0 Å². The lowest BCUT2D eigenvalue weighted by Crippen LogP contribution is -2.26. The van der Waals surface area contributed by atoms with Gasteiger partial charge in [0.15, 0.2) is 17.3 Å². The highest BCUT2D eigenvalue weighted by molar-refractivity contribution is 5.39. The minimum atomic E-state index is 0.542. The van der Waals surface area contributed by atoms with Crippen LogP contribution in [-0.4, -0.2) is 52.6 Å². The van der Waals surface area contributed by atoms with Crippen LogP contribution < -0.4 is 20.1 Å². The van der Waals surface area contributed by atoms with E-state index in [9.17, 15) is 0 Å². The molecule has 0 saturated carbocycles. The molecule has 1 aliphatic heterocycles. The maximum Gasteiger partial charge on any atom is 0.161 e. The quantitative estimate of drug-likeness (QED) is 0.810. The van der Waals surface area contributed by atoms with Crippen LogP contribution in [-0.2, 0) is 9.47 Å².